The van der Waals surface area contributed by atoms with Crippen LogP contribution < -0.4 is 4.90 Å². The Morgan fingerprint density at radius 3 is 2.74 bits per heavy atom. The number of halogens is 2. The smallest absolute Gasteiger partial charge is 0.257 e. The molecule has 0 aliphatic carbocycles. The number of rotatable bonds is 3. The highest BCUT2D eigenvalue weighted by Crippen LogP contribution is 2.35. The van der Waals surface area contributed by atoms with Gasteiger partial charge in [0.2, 0.25) is 5.91 Å². The summed E-state index contributed by atoms with van der Waals surface area (Å²) < 4.78 is 18.7. The van der Waals surface area contributed by atoms with E-state index in [0.717, 1.165) is 11.1 Å². The molecule has 3 aromatic rings. The quantitative estimate of drug-likeness (QED) is 0.657. The number of nitrogens with zero attached hydrogens (tertiary/aromatic N) is 3. The van der Waals surface area contributed by atoms with Gasteiger partial charge in [-0.1, -0.05) is 22.8 Å². The first-order valence-electron chi connectivity index (χ1n) is 8.59. The first-order valence-corrected chi connectivity index (χ1v) is 8.97. The van der Waals surface area contributed by atoms with Crippen molar-refractivity contribution in [3.05, 3.63) is 64.2 Å². The monoisotopic (exact) mass is 385 g/mol. The molecule has 0 spiro atoms. The lowest BCUT2D eigenvalue weighted by Crippen LogP contribution is -2.24. The molecule has 1 aliphatic rings. The lowest BCUT2D eigenvalue weighted by Gasteiger charge is -2.17. The van der Waals surface area contributed by atoms with Gasteiger partial charge in [0, 0.05) is 24.4 Å². The van der Waals surface area contributed by atoms with Gasteiger partial charge in [0.25, 0.3) is 5.89 Å². The second-order valence-corrected chi connectivity index (χ2v) is 7.17. The zero-order valence-electron chi connectivity index (χ0n) is 14.9. The molecule has 0 radical (unpaired) electrons. The average molecular weight is 386 g/mol. The molecule has 1 aromatic heterocycles. The van der Waals surface area contributed by atoms with Crippen molar-refractivity contribution in [3.8, 4) is 11.5 Å². The molecule has 1 saturated heterocycles. The summed E-state index contributed by atoms with van der Waals surface area (Å²) in [5.41, 5.74) is 3.66. The minimum atomic E-state index is -0.442. The molecule has 7 heteroatoms. The molecule has 138 valence electrons. The van der Waals surface area contributed by atoms with E-state index >= 15 is 0 Å². The summed E-state index contributed by atoms with van der Waals surface area (Å²) in [6.07, 6.45) is 0.250. The van der Waals surface area contributed by atoms with E-state index in [2.05, 4.69) is 10.1 Å². The van der Waals surface area contributed by atoms with Gasteiger partial charge < -0.3 is 9.42 Å². The molecule has 27 heavy (non-hydrogen) atoms. The van der Waals surface area contributed by atoms with Gasteiger partial charge >= 0.3 is 0 Å². The summed E-state index contributed by atoms with van der Waals surface area (Å²) >= 11 is 6.10. The summed E-state index contributed by atoms with van der Waals surface area (Å²) in [4.78, 5) is 18.5. The van der Waals surface area contributed by atoms with Crippen molar-refractivity contribution in [2.45, 2.75) is 26.2 Å². The zero-order valence-corrected chi connectivity index (χ0v) is 15.6. The van der Waals surface area contributed by atoms with Crippen molar-refractivity contribution in [2.24, 2.45) is 0 Å². The molecule has 0 saturated carbocycles. The number of hydrogen-bond donors (Lipinski definition) is 0. The molecule has 1 aliphatic heterocycles. The van der Waals surface area contributed by atoms with Crippen LogP contribution in [0.25, 0.3) is 11.5 Å². The average Bonchev–Trinajstić information content (AvgIpc) is 3.25. The van der Waals surface area contributed by atoms with Crippen molar-refractivity contribution in [1.82, 2.24) is 10.1 Å². The Bertz CT molecular complexity index is 1030. The summed E-state index contributed by atoms with van der Waals surface area (Å²) in [7, 11) is 0. The van der Waals surface area contributed by atoms with Gasteiger partial charge in [-0.05, 0) is 55.3 Å². The van der Waals surface area contributed by atoms with E-state index < -0.39 is 5.82 Å². The molecule has 4 rings (SSSR count). The Morgan fingerprint density at radius 1 is 1.19 bits per heavy atom. The van der Waals surface area contributed by atoms with E-state index in [0.29, 0.717) is 23.9 Å². The molecule has 1 atom stereocenters. The number of carbonyl (C=O) groups is 1. The molecular formula is C20H17ClFN3O2. The van der Waals surface area contributed by atoms with Gasteiger partial charge in [-0.3, -0.25) is 4.79 Å². The maximum atomic E-state index is 13.3. The molecular weight excluding hydrogens is 369 g/mol. The normalized spacial score (nSPS) is 17.0. The minimum Gasteiger partial charge on any atom is -0.334 e. The maximum Gasteiger partial charge on any atom is 0.257 e. The topological polar surface area (TPSA) is 59.2 Å². The van der Waals surface area contributed by atoms with Crippen LogP contribution in [0.3, 0.4) is 0 Å². The van der Waals surface area contributed by atoms with E-state index in [4.69, 9.17) is 16.1 Å². The van der Waals surface area contributed by atoms with Crippen LogP contribution in [0.15, 0.2) is 40.9 Å². The Kier molecular flexibility index (Phi) is 4.44. The summed E-state index contributed by atoms with van der Waals surface area (Å²) in [6, 6.07) is 9.93. The van der Waals surface area contributed by atoms with Crippen molar-refractivity contribution in [3.63, 3.8) is 0 Å². The van der Waals surface area contributed by atoms with Crippen LogP contribution in [0.1, 0.15) is 29.3 Å². The van der Waals surface area contributed by atoms with Crippen LogP contribution in [0.5, 0.6) is 0 Å². The second kappa shape index (κ2) is 6.78. The predicted molar refractivity (Wildman–Crippen MR) is 100 cm³/mol. The number of amides is 1. The molecule has 1 fully saturated rings. The highest BCUT2D eigenvalue weighted by Gasteiger charge is 2.35. The van der Waals surface area contributed by atoms with Crippen molar-refractivity contribution >= 4 is 23.2 Å². The molecule has 1 unspecified atom stereocenters. The third kappa shape index (κ3) is 3.32. The number of anilines is 1. The van der Waals surface area contributed by atoms with Crippen LogP contribution in [-0.4, -0.2) is 22.6 Å². The first kappa shape index (κ1) is 17.7. The Morgan fingerprint density at radius 2 is 2.00 bits per heavy atom. The van der Waals surface area contributed by atoms with Crippen molar-refractivity contribution in [1.29, 1.82) is 0 Å². The van der Waals surface area contributed by atoms with Crippen LogP contribution in [0.4, 0.5) is 10.1 Å². The molecule has 0 bridgehead atoms. The molecule has 0 N–H and O–H groups in total. The van der Waals surface area contributed by atoms with E-state index in [1.807, 2.05) is 32.0 Å². The fourth-order valence-corrected chi connectivity index (χ4v) is 3.48. The predicted octanol–water partition coefficient (Wildman–Crippen LogP) is 4.67. The standard InChI is InChI=1S/C20H17ClFN3O2/c1-11-3-4-13(7-12(11)2)20-23-19(24-27-20)14-8-18(26)25(10-14)17-6-5-15(22)9-16(17)21/h3-7,9,14H,8,10H2,1-2H3. The van der Waals surface area contributed by atoms with Gasteiger partial charge in [0.1, 0.15) is 5.82 Å². The zero-order chi connectivity index (χ0) is 19.1. The van der Waals surface area contributed by atoms with Gasteiger partial charge in [-0.15, -0.1) is 0 Å². The Labute approximate surface area is 160 Å². The number of aryl methyl sites for hydroxylation is 2. The largest absolute Gasteiger partial charge is 0.334 e. The van der Waals surface area contributed by atoms with Gasteiger partial charge in [-0.2, -0.15) is 4.98 Å². The molecule has 2 aromatic carbocycles. The first-order chi connectivity index (χ1) is 12.9. The number of hydrogen-bond acceptors (Lipinski definition) is 4. The summed E-state index contributed by atoms with van der Waals surface area (Å²) in [5.74, 6) is 0.160. The Balaban J connectivity index is 1.57. The van der Waals surface area contributed by atoms with Crippen LogP contribution in [0, 0.1) is 19.7 Å². The number of carbonyl (C=O) groups excluding carboxylic acids is 1. The molecule has 2 heterocycles. The fraction of sp³-hybridized carbons (Fsp3) is 0.250. The summed E-state index contributed by atoms with van der Waals surface area (Å²) in [6.45, 7) is 4.43. The van der Waals surface area contributed by atoms with Gasteiger partial charge in [0.15, 0.2) is 5.82 Å². The van der Waals surface area contributed by atoms with Crippen LogP contribution in [-0.2, 0) is 4.79 Å². The van der Waals surface area contributed by atoms with Crippen molar-refractivity contribution < 1.29 is 13.7 Å². The van der Waals surface area contributed by atoms with E-state index in [1.54, 1.807) is 4.90 Å². The molecule has 1 amide bonds. The maximum absolute atomic E-state index is 13.3. The second-order valence-electron chi connectivity index (χ2n) is 6.76. The number of benzene rings is 2. The van der Waals surface area contributed by atoms with E-state index in [1.165, 1.54) is 23.8 Å². The highest BCUT2D eigenvalue weighted by molar-refractivity contribution is 6.33. The lowest BCUT2D eigenvalue weighted by atomic mass is 10.1. The Hall–Kier alpha value is -2.73. The third-order valence-electron chi connectivity index (χ3n) is 4.89. The highest BCUT2D eigenvalue weighted by atomic mass is 35.5. The van der Waals surface area contributed by atoms with E-state index in [9.17, 15) is 9.18 Å². The van der Waals surface area contributed by atoms with Crippen LogP contribution >= 0.6 is 11.6 Å². The fourth-order valence-electron chi connectivity index (χ4n) is 3.21. The third-order valence-corrected chi connectivity index (χ3v) is 5.19. The summed E-state index contributed by atoms with van der Waals surface area (Å²) in [5, 5.41) is 4.27. The van der Waals surface area contributed by atoms with Crippen LogP contribution in [0.2, 0.25) is 5.02 Å². The minimum absolute atomic E-state index is 0.106. The van der Waals surface area contributed by atoms with Gasteiger partial charge in [-0.25, -0.2) is 4.39 Å². The van der Waals surface area contributed by atoms with Gasteiger partial charge in [0.05, 0.1) is 10.7 Å². The number of aromatic nitrogens is 2. The molecule has 5 nitrogen and oxygen atoms in total. The van der Waals surface area contributed by atoms with Crippen molar-refractivity contribution in [2.75, 3.05) is 11.4 Å². The lowest BCUT2D eigenvalue weighted by molar-refractivity contribution is -0.117. The SMILES string of the molecule is Cc1ccc(-c2nc(C3CC(=O)N(c4ccc(F)cc4Cl)C3)no2)cc1C. The van der Waals surface area contributed by atoms with E-state index in [-0.39, 0.29) is 23.3 Å².